The third kappa shape index (κ3) is 3.95. The Morgan fingerprint density at radius 1 is 1.03 bits per heavy atom. The van der Waals surface area contributed by atoms with Gasteiger partial charge in [0.25, 0.3) is 0 Å². The Hall–Kier alpha value is -0.870. The van der Waals surface area contributed by atoms with E-state index in [1.54, 1.807) is 6.08 Å². The number of allylic oxidation sites excluding steroid dienone is 1. The fourth-order valence-corrected chi connectivity index (χ4v) is 8.53. The number of carbonyl (C=O) groups is 1. The number of ketones is 1. The van der Waals surface area contributed by atoms with E-state index in [4.69, 9.17) is 0 Å². The van der Waals surface area contributed by atoms with Crippen molar-refractivity contribution < 1.29 is 40.5 Å². The van der Waals surface area contributed by atoms with Crippen molar-refractivity contribution in [2.24, 2.45) is 28.6 Å². The van der Waals surface area contributed by atoms with Crippen LogP contribution in [0.4, 0.5) is 0 Å². The number of rotatable bonds is 5. The van der Waals surface area contributed by atoms with Crippen molar-refractivity contribution in [2.75, 3.05) is 0 Å². The van der Waals surface area contributed by atoms with Crippen molar-refractivity contribution >= 4 is 5.78 Å². The summed E-state index contributed by atoms with van der Waals surface area (Å²) in [7, 11) is 0. The second-order valence-corrected chi connectivity index (χ2v) is 13.3. The van der Waals surface area contributed by atoms with E-state index in [1.807, 2.05) is 13.8 Å². The fourth-order valence-electron chi connectivity index (χ4n) is 8.53. The van der Waals surface area contributed by atoms with Gasteiger partial charge in [0.1, 0.15) is 6.10 Å². The lowest BCUT2D eigenvalue weighted by atomic mass is 9.45. The van der Waals surface area contributed by atoms with Crippen LogP contribution in [-0.2, 0) is 4.79 Å². The first-order valence-corrected chi connectivity index (χ1v) is 13.0. The molecule has 0 spiro atoms. The lowest BCUT2D eigenvalue weighted by Crippen LogP contribution is -2.63. The van der Waals surface area contributed by atoms with Gasteiger partial charge in [-0.05, 0) is 88.2 Å². The van der Waals surface area contributed by atoms with E-state index in [1.165, 1.54) is 20.8 Å². The molecule has 0 aromatic heterocycles. The lowest BCUT2D eigenvalue weighted by molar-refractivity contribution is -0.194. The maximum absolute atomic E-state index is 13.3. The van der Waals surface area contributed by atoms with Crippen LogP contribution in [0.25, 0.3) is 0 Å². The molecule has 11 unspecified atom stereocenters. The van der Waals surface area contributed by atoms with Gasteiger partial charge in [0.05, 0.1) is 35.1 Å². The highest BCUT2D eigenvalue weighted by molar-refractivity contribution is 5.95. The third-order valence-corrected chi connectivity index (χ3v) is 10.5. The minimum atomic E-state index is -1.74. The van der Waals surface area contributed by atoms with Gasteiger partial charge in [-0.3, -0.25) is 4.79 Å². The molecule has 11 atom stereocenters. The molecule has 0 amide bonds. The Labute approximate surface area is 207 Å². The molecular weight excluding hydrogens is 452 g/mol. The summed E-state index contributed by atoms with van der Waals surface area (Å²) < 4.78 is 0. The Morgan fingerprint density at radius 3 is 2.26 bits per heavy atom. The Balaban J connectivity index is 1.68. The number of hydrogen-bond donors (Lipinski definition) is 7. The molecule has 0 aliphatic heterocycles. The summed E-state index contributed by atoms with van der Waals surface area (Å²) in [6, 6.07) is 0. The van der Waals surface area contributed by atoms with E-state index in [9.17, 15) is 40.5 Å². The van der Waals surface area contributed by atoms with Crippen LogP contribution in [0.5, 0.6) is 0 Å². The first kappa shape index (κ1) is 27.2. The predicted octanol–water partition coefficient (Wildman–Crippen LogP) is 0.825. The summed E-state index contributed by atoms with van der Waals surface area (Å²) in [5.41, 5.74) is -5.15. The van der Waals surface area contributed by atoms with Crippen molar-refractivity contribution in [1.82, 2.24) is 0 Å². The quantitative estimate of drug-likeness (QED) is 0.295. The van der Waals surface area contributed by atoms with Crippen molar-refractivity contribution in [3.63, 3.8) is 0 Å². The highest BCUT2D eigenvalue weighted by atomic mass is 16.4. The molecule has 3 fully saturated rings. The minimum absolute atomic E-state index is 0.117. The molecule has 0 radical (unpaired) electrons. The lowest BCUT2D eigenvalue weighted by Gasteiger charge is -2.60. The van der Waals surface area contributed by atoms with Gasteiger partial charge in [-0.25, -0.2) is 0 Å². The molecule has 4 aliphatic rings. The molecule has 0 aromatic carbocycles. The Morgan fingerprint density at radius 2 is 1.66 bits per heavy atom. The Kier molecular flexibility index (Phi) is 6.46. The van der Waals surface area contributed by atoms with Gasteiger partial charge in [0.2, 0.25) is 0 Å². The first-order chi connectivity index (χ1) is 15.9. The third-order valence-electron chi connectivity index (χ3n) is 10.5. The zero-order valence-corrected chi connectivity index (χ0v) is 21.6. The van der Waals surface area contributed by atoms with E-state index >= 15 is 0 Å². The molecule has 7 N–H and O–H groups in total. The van der Waals surface area contributed by atoms with Gasteiger partial charge in [-0.2, -0.15) is 0 Å². The Bertz CT molecular complexity index is 892. The zero-order valence-electron chi connectivity index (χ0n) is 21.6. The van der Waals surface area contributed by atoms with E-state index in [2.05, 4.69) is 0 Å². The molecule has 0 heterocycles. The zero-order chi connectivity index (χ0) is 26.4. The fraction of sp³-hybridized carbons (Fsp3) is 0.889. The van der Waals surface area contributed by atoms with Crippen LogP contribution in [0.3, 0.4) is 0 Å². The molecule has 8 heteroatoms. The molecule has 0 saturated heterocycles. The standard InChI is InChI=1S/C27H44O8/c1-23(2,33)12-20(31)22(32)26(5,34)21-7-9-27(35)15-10-17(28)16-11-18(29)19(30)13-24(16,3)14(15)6-8-25(21,27)4/h10,14,16,18-22,29-35H,6-9,11-13H2,1-5H3. The van der Waals surface area contributed by atoms with Gasteiger partial charge in [0, 0.05) is 17.8 Å². The van der Waals surface area contributed by atoms with Gasteiger partial charge < -0.3 is 35.7 Å². The summed E-state index contributed by atoms with van der Waals surface area (Å²) in [6.45, 7) is 8.40. The number of aliphatic hydroxyl groups excluding tert-OH is 4. The predicted molar refractivity (Wildman–Crippen MR) is 128 cm³/mol. The highest BCUT2D eigenvalue weighted by Gasteiger charge is 2.69. The van der Waals surface area contributed by atoms with Gasteiger partial charge >= 0.3 is 0 Å². The maximum atomic E-state index is 13.3. The van der Waals surface area contributed by atoms with E-state index in [0.29, 0.717) is 31.3 Å². The summed E-state index contributed by atoms with van der Waals surface area (Å²) in [5, 5.41) is 76.1. The van der Waals surface area contributed by atoms with Crippen molar-refractivity contribution in [1.29, 1.82) is 0 Å². The minimum Gasteiger partial charge on any atom is -0.390 e. The SMILES string of the molecule is CC(C)(O)CC(O)C(O)C(C)(O)C1CCC2(O)C3=CC(=O)C4CC(O)C(O)CC4(C)C3CCC12C. The maximum Gasteiger partial charge on any atom is 0.159 e. The van der Waals surface area contributed by atoms with Crippen LogP contribution in [0.2, 0.25) is 0 Å². The summed E-state index contributed by atoms with van der Waals surface area (Å²) in [4.78, 5) is 13.3. The van der Waals surface area contributed by atoms with E-state index < -0.39 is 63.9 Å². The first-order valence-electron chi connectivity index (χ1n) is 13.0. The molecule has 0 aromatic rings. The molecule has 3 saturated carbocycles. The number of carbonyl (C=O) groups excluding carboxylic acids is 1. The van der Waals surface area contributed by atoms with Crippen molar-refractivity contribution in [3.8, 4) is 0 Å². The van der Waals surface area contributed by atoms with Crippen molar-refractivity contribution in [3.05, 3.63) is 11.6 Å². The topological polar surface area (TPSA) is 159 Å². The molecule has 8 nitrogen and oxygen atoms in total. The average Bonchev–Trinajstić information content (AvgIpc) is 3.00. The second kappa shape index (κ2) is 8.32. The summed E-state index contributed by atoms with van der Waals surface area (Å²) in [6.07, 6.45) is -0.952. The second-order valence-electron chi connectivity index (χ2n) is 13.3. The normalized spacial score (nSPS) is 47.1. The van der Waals surface area contributed by atoms with Crippen LogP contribution in [-0.4, -0.2) is 82.7 Å². The largest absolute Gasteiger partial charge is 0.390 e. The summed E-state index contributed by atoms with van der Waals surface area (Å²) >= 11 is 0. The van der Waals surface area contributed by atoms with Crippen LogP contribution < -0.4 is 0 Å². The summed E-state index contributed by atoms with van der Waals surface area (Å²) in [5.74, 6) is -1.26. The average molecular weight is 497 g/mol. The van der Waals surface area contributed by atoms with E-state index in [0.717, 1.165) is 0 Å². The molecule has 35 heavy (non-hydrogen) atoms. The molecule has 0 bridgehead atoms. The smallest absolute Gasteiger partial charge is 0.159 e. The van der Waals surface area contributed by atoms with E-state index in [-0.39, 0.29) is 31.0 Å². The van der Waals surface area contributed by atoms with Gasteiger partial charge in [0.15, 0.2) is 5.78 Å². The monoisotopic (exact) mass is 496 g/mol. The number of fused-ring (bicyclic) bond motifs is 5. The number of hydrogen-bond acceptors (Lipinski definition) is 8. The molecule has 4 aliphatic carbocycles. The van der Waals surface area contributed by atoms with Crippen molar-refractivity contribution in [2.45, 2.75) is 121 Å². The van der Waals surface area contributed by atoms with Gasteiger partial charge in [-0.1, -0.05) is 13.8 Å². The highest BCUT2D eigenvalue weighted by Crippen LogP contribution is 2.68. The molecule has 4 rings (SSSR count). The molecule has 200 valence electrons. The van der Waals surface area contributed by atoms with Crippen LogP contribution in [0, 0.1) is 28.6 Å². The van der Waals surface area contributed by atoms with Gasteiger partial charge in [-0.15, -0.1) is 0 Å². The number of aliphatic hydroxyl groups is 7. The van der Waals surface area contributed by atoms with Crippen LogP contribution >= 0.6 is 0 Å². The van der Waals surface area contributed by atoms with Crippen LogP contribution in [0.15, 0.2) is 11.6 Å². The molecular formula is C27H44O8. The van der Waals surface area contributed by atoms with Crippen LogP contribution in [0.1, 0.15) is 79.6 Å².